The lowest BCUT2D eigenvalue weighted by atomic mass is 10.0. The summed E-state index contributed by atoms with van der Waals surface area (Å²) in [6, 6.07) is 6.66. The van der Waals surface area contributed by atoms with Gasteiger partial charge in [-0.3, -0.25) is 9.59 Å². The van der Waals surface area contributed by atoms with Crippen LogP contribution >= 0.6 is 0 Å². The largest absolute Gasteiger partial charge is 0.493 e. The van der Waals surface area contributed by atoms with Gasteiger partial charge in [-0.15, -0.1) is 0 Å². The minimum absolute atomic E-state index is 0.228. The van der Waals surface area contributed by atoms with E-state index in [1.54, 1.807) is 24.3 Å². The van der Waals surface area contributed by atoms with Gasteiger partial charge >= 0.3 is 5.97 Å². The molecule has 0 heterocycles. The third-order valence-electron chi connectivity index (χ3n) is 3.85. The lowest BCUT2D eigenvalue weighted by Gasteiger charge is -2.17. The van der Waals surface area contributed by atoms with Crippen LogP contribution in [0.5, 0.6) is 5.75 Å². The fourth-order valence-corrected chi connectivity index (χ4v) is 2.65. The van der Waals surface area contributed by atoms with Gasteiger partial charge < -0.3 is 15.2 Å². The first-order chi connectivity index (χ1) is 10.5. The summed E-state index contributed by atoms with van der Waals surface area (Å²) in [6.45, 7) is 4.78. The number of carboxylic acid groups (broad SMARTS) is 1. The molecule has 2 rings (SSSR count). The van der Waals surface area contributed by atoms with E-state index in [4.69, 9.17) is 9.84 Å². The number of carbonyl (C=O) groups excluding carboxylic acids is 1. The number of carbonyl (C=O) groups is 2. The van der Waals surface area contributed by atoms with Crippen molar-refractivity contribution >= 4 is 11.9 Å². The number of aliphatic carboxylic acids is 1. The van der Waals surface area contributed by atoms with Crippen molar-refractivity contribution in [1.29, 1.82) is 0 Å². The molecule has 1 aliphatic carbocycles. The standard InChI is InChI=1S/C17H23NO4/c1-11(2)10-22-13-8-6-12(7-9-13)16(19)18-15-5-3-4-14(15)17(20)21/h6-9,11,14-15H,3-5,10H2,1-2H3,(H,18,19)(H,20,21)/t14-,15+/m0/s1. The molecule has 0 spiro atoms. The highest BCUT2D eigenvalue weighted by atomic mass is 16.5. The zero-order valence-corrected chi connectivity index (χ0v) is 13.0. The van der Waals surface area contributed by atoms with Crippen molar-refractivity contribution in [2.24, 2.45) is 11.8 Å². The van der Waals surface area contributed by atoms with Crippen LogP contribution in [0.1, 0.15) is 43.5 Å². The van der Waals surface area contributed by atoms with Gasteiger partial charge in [-0.05, 0) is 43.0 Å². The van der Waals surface area contributed by atoms with Crippen LogP contribution in [-0.2, 0) is 4.79 Å². The van der Waals surface area contributed by atoms with E-state index in [0.29, 0.717) is 24.5 Å². The zero-order chi connectivity index (χ0) is 16.1. The highest BCUT2D eigenvalue weighted by Gasteiger charge is 2.33. The van der Waals surface area contributed by atoms with Gasteiger partial charge in [0.05, 0.1) is 12.5 Å². The molecule has 0 aliphatic heterocycles. The average molecular weight is 305 g/mol. The van der Waals surface area contributed by atoms with E-state index >= 15 is 0 Å². The first-order valence-electron chi connectivity index (χ1n) is 7.74. The minimum Gasteiger partial charge on any atom is -0.493 e. The average Bonchev–Trinajstić information content (AvgIpc) is 2.94. The van der Waals surface area contributed by atoms with Crippen LogP contribution < -0.4 is 10.1 Å². The topological polar surface area (TPSA) is 75.6 Å². The Morgan fingerprint density at radius 1 is 1.27 bits per heavy atom. The Morgan fingerprint density at radius 3 is 2.55 bits per heavy atom. The van der Waals surface area contributed by atoms with Gasteiger partial charge in [-0.2, -0.15) is 0 Å². The second-order valence-electron chi connectivity index (χ2n) is 6.18. The number of ether oxygens (including phenoxy) is 1. The maximum Gasteiger partial charge on any atom is 0.308 e. The maximum absolute atomic E-state index is 12.2. The van der Waals surface area contributed by atoms with Gasteiger partial charge in [0.1, 0.15) is 5.75 Å². The van der Waals surface area contributed by atoms with E-state index in [0.717, 1.165) is 18.6 Å². The predicted molar refractivity (Wildman–Crippen MR) is 83.0 cm³/mol. The molecule has 1 aromatic carbocycles. The summed E-state index contributed by atoms with van der Waals surface area (Å²) in [6.07, 6.45) is 2.18. The third kappa shape index (κ3) is 4.23. The molecule has 2 N–H and O–H groups in total. The van der Waals surface area contributed by atoms with E-state index in [1.807, 2.05) is 0 Å². The lowest BCUT2D eigenvalue weighted by Crippen LogP contribution is -2.40. The Morgan fingerprint density at radius 2 is 1.95 bits per heavy atom. The molecule has 0 radical (unpaired) electrons. The minimum atomic E-state index is -0.833. The quantitative estimate of drug-likeness (QED) is 0.847. The number of benzene rings is 1. The van der Waals surface area contributed by atoms with Crippen molar-refractivity contribution < 1.29 is 19.4 Å². The Kier molecular flexibility index (Phi) is 5.41. The molecule has 0 bridgehead atoms. The Bertz CT molecular complexity index is 524. The summed E-state index contributed by atoms with van der Waals surface area (Å²) in [5.74, 6) is -0.362. The molecule has 2 atom stereocenters. The highest BCUT2D eigenvalue weighted by molar-refractivity contribution is 5.94. The number of carboxylic acids is 1. The number of hydrogen-bond donors (Lipinski definition) is 2. The molecule has 0 unspecified atom stereocenters. The molecule has 5 heteroatoms. The van der Waals surface area contributed by atoms with Gasteiger partial charge in [0, 0.05) is 11.6 Å². The van der Waals surface area contributed by atoms with Crippen molar-refractivity contribution in [3.8, 4) is 5.75 Å². The molecule has 120 valence electrons. The Hall–Kier alpha value is -2.04. The van der Waals surface area contributed by atoms with E-state index in [2.05, 4.69) is 19.2 Å². The Labute approximate surface area is 130 Å². The highest BCUT2D eigenvalue weighted by Crippen LogP contribution is 2.26. The van der Waals surface area contributed by atoms with Crippen molar-refractivity contribution in [1.82, 2.24) is 5.32 Å². The van der Waals surface area contributed by atoms with Gasteiger partial charge in [0.15, 0.2) is 0 Å². The molecule has 5 nitrogen and oxygen atoms in total. The first kappa shape index (κ1) is 16.3. The van der Waals surface area contributed by atoms with E-state index in [1.165, 1.54) is 0 Å². The molecular weight excluding hydrogens is 282 g/mol. The van der Waals surface area contributed by atoms with Crippen molar-refractivity contribution in [3.63, 3.8) is 0 Å². The summed E-state index contributed by atoms with van der Waals surface area (Å²) in [4.78, 5) is 23.3. The molecule has 1 amide bonds. The smallest absolute Gasteiger partial charge is 0.308 e. The molecule has 1 aromatic rings. The van der Waals surface area contributed by atoms with Crippen LogP contribution in [-0.4, -0.2) is 29.6 Å². The molecule has 22 heavy (non-hydrogen) atoms. The van der Waals surface area contributed by atoms with Crippen molar-refractivity contribution in [2.75, 3.05) is 6.61 Å². The summed E-state index contributed by atoms with van der Waals surface area (Å²) in [5.41, 5.74) is 0.521. The predicted octanol–water partition coefficient (Wildman–Crippen LogP) is 2.70. The van der Waals surface area contributed by atoms with E-state index < -0.39 is 11.9 Å². The lowest BCUT2D eigenvalue weighted by molar-refractivity contribution is -0.142. The summed E-state index contributed by atoms with van der Waals surface area (Å²) in [7, 11) is 0. The summed E-state index contributed by atoms with van der Waals surface area (Å²) < 4.78 is 5.57. The molecule has 1 aliphatic rings. The van der Waals surface area contributed by atoms with Gasteiger partial charge in [0.25, 0.3) is 5.91 Å². The van der Waals surface area contributed by atoms with Crippen LogP contribution in [0.25, 0.3) is 0 Å². The van der Waals surface area contributed by atoms with E-state index in [-0.39, 0.29) is 11.9 Å². The van der Waals surface area contributed by atoms with Gasteiger partial charge in [0.2, 0.25) is 0 Å². The number of nitrogens with one attached hydrogen (secondary N) is 1. The van der Waals surface area contributed by atoms with Gasteiger partial charge in [-0.1, -0.05) is 20.3 Å². The van der Waals surface area contributed by atoms with Crippen LogP contribution in [0, 0.1) is 11.8 Å². The van der Waals surface area contributed by atoms with Gasteiger partial charge in [-0.25, -0.2) is 0 Å². The molecule has 1 fully saturated rings. The van der Waals surface area contributed by atoms with E-state index in [9.17, 15) is 9.59 Å². The monoisotopic (exact) mass is 305 g/mol. The molecular formula is C17H23NO4. The number of rotatable bonds is 6. The SMILES string of the molecule is CC(C)COc1ccc(C(=O)N[C@@H]2CCC[C@@H]2C(=O)O)cc1. The zero-order valence-electron chi connectivity index (χ0n) is 13.0. The molecule has 1 saturated carbocycles. The summed E-state index contributed by atoms with van der Waals surface area (Å²) >= 11 is 0. The van der Waals surface area contributed by atoms with Crippen LogP contribution in [0.2, 0.25) is 0 Å². The van der Waals surface area contributed by atoms with Crippen LogP contribution in [0.3, 0.4) is 0 Å². The number of hydrogen-bond acceptors (Lipinski definition) is 3. The summed E-state index contributed by atoms with van der Waals surface area (Å²) in [5, 5.41) is 12.0. The fraction of sp³-hybridized carbons (Fsp3) is 0.529. The van der Waals surface area contributed by atoms with Crippen molar-refractivity contribution in [3.05, 3.63) is 29.8 Å². The molecule has 0 aromatic heterocycles. The van der Waals surface area contributed by atoms with Crippen LogP contribution in [0.15, 0.2) is 24.3 Å². The Balaban J connectivity index is 1.93. The first-order valence-corrected chi connectivity index (χ1v) is 7.74. The second-order valence-corrected chi connectivity index (χ2v) is 6.18. The maximum atomic E-state index is 12.2. The van der Waals surface area contributed by atoms with Crippen LogP contribution in [0.4, 0.5) is 0 Å². The normalized spacial score (nSPS) is 20.9. The van der Waals surface area contributed by atoms with Crippen molar-refractivity contribution in [2.45, 2.75) is 39.2 Å². The fourth-order valence-electron chi connectivity index (χ4n) is 2.65. The molecule has 0 saturated heterocycles. The number of amides is 1. The second kappa shape index (κ2) is 7.29. The third-order valence-corrected chi connectivity index (χ3v) is 3.85.